The minimum Gasteiger partial charge on any atom is -0.350 e. The molecule has 0 fully saturated rings. The molecule has 6 aromatic rings. The number of benzene rings is 4. The Balaban J connectivity index is 1.43. The third-order valence-electron chi connectivity index (χ3n) is 7.83. The average molecular weight is 510 g/mol. The normalized spacial score (nSPS) is 11.6. The zero-order chi connectivity index (χ0) is 26.8. The van der Waals surface area contributed by atoms with E-state index in [4.69, 9.17) is 4.98 Å². The number of ketones is 1. The van der Waals surface area contributed by atoms with E-state index < -0.39 is 5.54 Å². The van der Waals surface area contributed by atoms with Crippen LogP contribution in [-0.4, -0.2) is 19.9 Å². The highest BCUT2D eigenvalue weighted by molar-refractivity contribution is 6.08. The lowest BCUT2D eigenvalue weighted by Gasteiger charge is -2.38. The molecule has 0 N–H and O–H groups in total. The summed E-state index contributed by atoms with van der Waals surface area (Å²) in [6.07, 6.45) is 4.87. The first kappa shape index (κ1) is 24.6. The first-order chi connectivity index (χ1) is 19.1. The fourth-order valence-electron chi connectivity index (χ4n) is 5.92. The van der Waals surface area contributed by atoms with Crippen LogP contribution in [0.1, 0.15) is 44.9 Å². The van der Waals surface area contributed by atoms with Crippen LogP contribution in [-0.2, 0) is 19.0 Å². The standard InChI is InChI=1S/C35H31N3O/c1-26-32(22-23-34(39)31-24-37(2)33-21-13-12-20-30(31)33)36-25-38(26)35(27-14-6-3-7-15-27,28-16-8-4-9-17-28)29-18-10-5-11-19-29/h3-21,24-25H,22-23H2,1-2H3. The summed E-state index contributed by atoms with van der Waals surface area (Å²) in [7, 11) is 1.99. The van der Waals surface area contributed by atoms with Gasteiger partial charge in [0.25, 0.3) is 0 Å². The molecule has 4 aromatic carbocycles. The highest BCUT2D eigenvalue weighted by Crippen LogP contribution is 2.42. The second-order valence-electron chi connectivity index (χ2n) is 10.0. The van der Waals surface area contributed by atoms with Crippen LogP contribution in [0.2, 0.25) is 0 Å². The maximum atomic E-state index is 13.4. The first-order valence-corrected chi connectivity index (χ1v) is 13.4. The molecule has 39 heavy (non-hydrogen) atoms. The molecule has 192 valence electrons. The first-order valence-electron chi connectivity index (χ1n) is 13.4. The van der Waals surface area contributed by atoms with E-state index in [2.05, 4.69) is 102 Å². The fraction of sp³-hybridized carbons (Fsp3) is 0.143. The number of fused-ring (bicyclic) bond motifs is 1. The summed E-state index contributed by atoms with van der Waals surface area (Å²) in [5.41, 5.74) is 6.69. The molecule has 0 amide bonds. The summed E-state index contributed by atoms with van der Waals surface area (Å²) in [4.78, 5) is 18.3. The van der Waals surface area contributed by atoms with Gasteiger partial charge in [0.05, 0.1) is 12.0 Å². The van der Waals surface area contributed by atoms with E-state index >= 15 is 0 Å². The van der Waals surface area contributed by atoms with Crippen LogP contribution in [0.25, 0.3) is 10.9 Å². The number of aryl methyl sites for hydroxylation is 2. The Bertz CT molecular complexity index is 1630. The van der Waals surface area contributed by atoms with Crippen molar-refractivity contribution in [2.75, 3.05) is 0 Å². The number of para-hydroxylation sites is 1. The molecular formula is C35H31N3O. The van der Waals surface area contributed by atoms with Crippen LogP contribution in [0.3, 0.4) is 0 Å². The molecule has 4 heteroatoms. The molecule has 0 atom stereocenters. The second kappa shape index (κ2) is 10.2. The fourth-order valence-corrected chi connectivity index (χ4v) is 5.92. The third kappa shape index (κ3) is 4.18. The van der Waals surface area contributed by atoms with E-state index in [1.807, 2.05) is 48.4 Å². The van der Waals surface area contributed by atoms with Crippen LogP contribution in [0.5, 0.6) is 0 Å². The van der Waals surface area contributed by atoms with Gasteiger partial charge in [-0.2, -0.15) is 0 Å². The third-order valence-corrected chi connectivity index (χ3v) is 7.83. The van der Waals surface area contributed by atoms with E-state index in [1.54, 1.807) is 0 Å². The highest BCUT2D eigenvalue weighted by Gasteiger charge is 2.39. The summed E-state index contributed by atoms with van der Waals surface area (Å²) in [5, 5.41) is 1.00. The van der Waals surface area contributed by atoms with Crippen molar-refractivity contribution < 1.29 is 4.79 Å². The van der Waals surface area contributed by atoms with Gasteiger partial charge in [-0.25, -0.2) is 4.98 Å². The maximum absolute atomic E-state index is 13.4. The van der Waals surface area contributed by atoms with Crippen LogP contribution in [0, 0.1) is 6.92 Å². The molecular weight excluding hydrogens is 478 g/mol. The van der Waals surface area contributed by atoms with Gasteiger partial charge in [-0.15, -0.1) is 0 Å². The molecule has 0 unspecified atom stereocenters. The topological polar surface area (TPSA) is 39.8 Å². The van der Waals surface area contributed by atoms with Gasteiger partial charge in [-0.3, -0.25) is 4.79 Å². The quantitative estimate of drug-likeness (QED) is 0.159. The summed E-state index contributed by atoms with van der Waals surface area (Å²) in [6.45, 7) is 2.12. The molecule has 0 aliphatic rings. The number of hydrogen-bond donors (Lipinski definition) is 0. The molecule has 2 aromatic heterocycles. The van der Waals surface area contributed by atoms with Crippen molar-refractivity contribution in [2.45, 2.75) is 25.3 Å². The van der Waals surface area contributed by atoms with Crippen molar-refractivity contribution in [3.8, 4) is 0 Å². The Labute approximate surface area is 229 Å². The second-order valence-corrected chi connectivity index (χ2v) is 10.0. The minimum absolute atomic E-state index is 0.140. The van der Waals surface area contributed by atoms with Gasteiger partial charge in [0.2, 0.25) is 0 Å². The van der Waals surface area contributed by atoms with Gasteiger partial charge in [-0.05, 0) is 36.1 Å². The molecule has 0 aliphatic carbocycles. The Hall–Kier alpha value is -4.70. The van der Waals surface area contributed by atoms with Crippen LogP contribution >= 0.6 is 0 Å². The van der Waals surface area contributed by atoms with Crippen molar-refractivity contribution in [3.63, 3.8) is 0 Å². The number of Topliss-reactive ketones (excluding diaryl/α,β-unsaturated/α-hetero) is 1. The van der Waals surface area contributed by atoms with E-state index in [0.29, 0.717) is 12.8 Å². The molecule has 4 nitrogen and oxygen atoms in total. The molecule has 0 aliphatic heterocycles. The van der Waals surface area contributed by atoms with Gasteiger partial charge in [0.1, 0.15) is 5.54 Å². The molecule has 2 heterocycles. The number of hydrogen-bond acceptors (Lipinski definition) is 2. The molecule has 6 rings (SSSR count). The van der Waals surface area contributed by atoms with E-state index in [1.165, 1.54) is 0 Å². The predicted molar refractivity (Wildman–Crippen MR) is 157 cm³/mol. The van der Waals surface area contributed by atoms with Gasteiger partial charge >= 0.3 is 0 Å². The molecule has 0 saturated heterocycles. The summed E-state index contributed by atoms with van der Waals surface area (Å²) in [5.74, 6) is 0.140. The average Bonchev–Trinajstić information content (AvgIpc) is 3.53. The predicted octanol–water partition coefficient (Wildman–Crippen LogP) is 7.34. The van der Waals surface area contributed by atoms with Gasteiger partial charge in [0, 0.05) is 41.8 Å². The van der Waals surface area contributed by atoms with Crippen molar-refractivity contribution in [2.24, 2.45) is 7.05 Å². The lowest BCUT2D eigenvalue weighted by molar-refractivity contribution is 0.0984. The van der Waals surface area contributed by atoms with Crippen molar-refractivity contribution >= 4 is 16.7 Å². The van der Waals surface area contributed by atoms with Gasteiger partial charge in [0.15, 0.2) is 5.78 Å². The van der Waals surface area contributed by atoms with E-state index in [0.717, 1.165) is 44.5 Å². The van der Waals surface area contributed by atoms with Crippen molar-refractivity contribution in [1.82, 2.24) is 14.1 Å². The molecule has 0 bridgehead atoms. The van der Waals surface area contributed by atoms with E-state index in [9.17, 15) is 4.79 Å². The largest absolute Gasteiger partial charge is 0.350 e. The number of rotatable bonds is 8. The number of aromatic nitrogens is 3. The van der Waals surface area contributed by atoms with Gasteiger partial charge < -0.3 is 9.13 Å². The molecule has 0 saturated carbocycles. The van der Waals surface area contributed by atoms with Crippen LogP contribution in [0.4, 0.5) is 0 Å². The Morgan fingerprint density at radius 2 is 1.26 bits per heavy atom. The van der Waals surface area contributed by atoms with Gasteiger partial charge in [-0.1, -0.05) is 109 Å². The number of nitrogens with zero attached hydrogens (tertiary/aromatic N) is 3. The van der Waals surface area contributed by atoms with Crippen LogP contribution < -0.4 is 0 Å². The number of carbonyl (C=O) groups excluding carboxylic acids is 1. The zero-order valence-corrected chi connectivity index (χ0v) is 22.3. The SMILES string of the molecule is Cc1c(CCC(=O)c2cn(C)c3ccccc23)ncn1C(c1ccccc1)(c1ccccc1)c1ccccc1. The Morgan fingerprint density at radius 1 is 0.744 bits per heavy atom. The van der Waals surface area contributed by atoms with E-state index in [-0.39, 0.29) is 5.78 Å². The number of imidazole rings is 1. The Kier molecular flexibility index (Phi) is 6.45. The maximum Gasteiger partial charge on any atom is 0.165 e. The number of carbonyl (C=O) groups is 1. The Morgan fingerprint density at radius 3 is 1.82 bits per heavy atom. The molecule has 0 radical (unpaired) electrons. The monoisotopic (exact) mass is 509 g/mol. The lowest BCUT2D eigenvalue weighted by Crippen LogP contribution is -2.38. The summed E-state index contributed by atoms with van der Waals surface area (Å²) >= 11 is 0. The summed E-state index contributed by atoms with van der Waals surface area (Å²) < 4.78 is 4.31. The minimum atomic E-state index is -0.612. The zero-order valence-electron chi connectivity index (χ0n) is 22.3. The van der Waals surface area contributed by atoms with Crippen molar-refractivity contribution in [1.29, 1.82) is 0 Å². The lowest BCUT2D eigenvalue weighted by atomic mass is 9.76. The highest BCUT2D eigenvalue weighted by atomic mass is 16.1. The summed E-state index contributed by atoms with van der Waals surface area (Å²) in [6, 6.07) is 39.9. The van der Waals surface area contributed by atoms with Crippen LogP contribution in [0.15, 0.2) is 128 Å². The van der Waals surface area contributed by atoms with Crippen molar-refractivity contribution in [3.05, 3.63) is 161 Å². The molecule has 0 spiro atoms. The smallest absolute Gasteiger partial charge is 0.165 e.